The lowest BCUT2D eigenvalue weighted by atomic mass is 9.88. The lowest BCUT2D eigenvalue weighted by Crippen LogP contribution is -2.42. The monoisotopic (exact) mass is 416 g/mol. The van der Waals surface area contributed by atoms with Crippen LogP contribution in [0.1, 0.15) is 52.9 Å². The molecule has 1 aromatic carbocycles. The summed E-state index contributed by atoms with van der Waals surface area (Å²) in [5.41, 5.74) is 1.14. The van der Waals surface area contributed by atoms with Crippen LogP contribution in [0.2, 0.25) is 0 Å². The van der Waals surface area contributed by atoms with Crippen molar-refractivity contribution in [3.8, 4) is 17.2 Å². The number of hydrogen-bond donors (Lipinski definition) is 3. The minimum atomic E-state index is -0.676. The lowest BCUT2D eigenvalue weighted by Gasteiger charge is -2.23. The van der Waals surface area contributed by atoms with E-state index in [4.69, 9.17) is 9.15 Å². The first kappa shape index (κ1) is 22.2. The third-order valence-corrected chi connectivity index (χ3v) is 5.11. The lowest BCUT2D eigenvalue weighted by molar-refractivity contribution is -0.120. The molecule has 1 amide bonds. The van der Waals surface area contributed by atoms with Crippen molar-refractivity contribution in [2.45, 2.75) is 64.5 Å². The van der Waals surface area contributed by atoms with Gasteiger partial charge in [-0.15, -0.1) is 10.2 Å². The average Bonchev–Trinajstić information content (AvgIpc) is 3.26. The number of aliphatic hydroxyl groups is 1. The molecule has 8 heteroatoms. The number of nitrogens with zero attached hydrogens (tertiary/aromatic N) is 2. The smallest absolute Gasteiger partial charge is 0.251 e. The zero-order valence-electron chi connectivity index (χ0n) is 18.0. The number of nitrogens with one attached hydrogen (secondary N) is 2. The van der Waals surface area contributed by atoms with Crippen molar-refractivity contribution in [1.29, 1.82) is 0 Å². The second-order valence-corrected chi connectivity index (χ2v) is 8.87. The van der Waals surface area contributed by atoms with Gasteiger partial charge in [0.15, 0.2) is 0 Å². The third-order valence-electron chi connectivity index (χ3n) is 5.11. The van der Waals surface area contributed by atoms with Gasteiger partial charge < -0.3 is 24.9 Å². The summed E-state index contributed by atoms with van der Waals surface area (Å²) < 4.78 is 11.2. The van der Waals surface area contributed by atoms with E-state index in [0.29, 0.717) is 29.4 Å². The number of rotatable bonds is 8. The summed E-state index contributed by atoms with van der Waals surface area (Å²) in [4.78, 5) is 12.6. The Morgan fingerprint density at radius 2 is 2.07 bits per heavy atom. The normalized spacial score (nSPS) is 16.3. The highest BCUT2D eigenvalue weighted by Gasteiger charge is 2.22. The molecule has 0 aliphatic heterocycles. The molecule has 0 saturated heterocycles. The summed E-state index contributed by atoms with van der Waals surface area (Å²) in [5.74, 6) is 0.904. The van der Waals surface area contributed by atoms with Crippen LogP contribution in [0.25, 0.3) is 11.5 Å². The van der Waals surface area contributed by atoms with Crippen LogP contribution in [-0.2, 0) is 4.79 Å². The summed E-state index contributed by atoms with van der Waals surface area (Å²) >= 11 is 0. The summed E-state index contributed by atoms with van der Waals surface area (Å²) in [6.07, 6.45) is 5.84. The van der Waals surface area contributed by atoms with Crippen molar-refractivity contribution in [1.82, 2.24) is 15.5 Å². The first-order valence-electron chi connectivity index (χ1n) is 10.6. The maximum atomic E-state index is 12.6. The van der Waals surface area contributed by atoms with E-state index in [2.05, 4.69) is 20.8 Å². The molecule has 3 rings (SSSR count). The minimum absolute atomic E-state index is 0.0449. The highest BCUT2D eigenvalue weighted by molar-refractivity contribution is 5.93. The van der Waals surface area contributed by atoms with Crippen LogP contribution < -0.4 is 15.4 Å². The van der Waals surface area contributed by atoms with Crippen molar-refractivity contribution in [2.75, 3.05) is 18.5 Å². The molecule has 30 heavy (non-hydrogen) atoms. The van der Waals surface area contributed by atoms with Gasteiger partial charge in [-0.2, -0.15) is 0 Å². The first-order chi connectivity index (χ1) is 14.3. The van der Waals surface area contributed by atoms with Crippen molar-refractivity contribution in [3.63, 3.8) is 0 Å². The molecule has 1 aromatic heterocycles. The fourth-order valence-corrected chi connectivity index (χ4v) is 3.47. The average molecular weight is 417 g/mol. The number of anilines is 1. The van der Waals surface area contributed by atoms with Crippen LogP contribution in [0.3, 0.4) is 0 Å². The number of carbonyl (C=O) groups is 1. The van der Waals surface area contributed by atoms with Crippen LogP contribution in [-0.4, -0.2) is 46.0 Å². The Hall–Kier alpha value is -2.45. The Morgan fingerprint density at radius 3 is 2.73 bits per heavy atom. The van der Waals surface area contributed by atoms with Crippen LogP contribution in [0.5, 0.6) is 5.75 Å². The largest absolute Gasteiger partial charge is 0.490 e. The van der Waals surface area contributed by atoms with Crippen LogP contribution in [0.15, 0.2) is 29.0 Å². The predicted octanol–water partition coefficient (Wildman–Crippen LogP) is 3.38. The van der Waals surface area contributed by atoms with Crippen molar-refractivity contribution in [2.24, 2.45) is 5.92 Å². The maximum absolute atomic E-state index is 12.6. The summed E-state index contributed by atoms with van der Waals surface area (Å²) in [5, 5.41) is 24.2. The number of amides is 1. The molecule has 8 nitrogen and oxygen atoms in total. The number of hydrogen-bond acceptors (Lipinski definition) is 7. The standard InChI is InChI=1S/C22H32N4O4/c1-22(2,3)23-12-17(27)13-29-19-10-9-16(11-18(19)21-26-24-14-30-21)25-20(28)15-7-5-4-6-8-15/h9-11,14-15,17,23,27H,4-8,12-13H2,1-3H3,(H,25,28). The molecule has 2 aromatic rings. The van der Waals surface area contributed by atoms with Gasteiger partial charge in [0, 0.05) is 23.7 Å². The molecule has 0 spiro atoms. The molecule has 1 atom stereocenters. The fraction of sp³-hybridized carbons (Fsp3) is 0.591. The molecule has 1 fully saturated rings. The Kier molecular flexibility index (Phi) is 7.44. The second kappa shape index (κ2) is 10.0. The maximum Gasteiger partial charge on any atom is 0.251 e. The highest BCUT2D eigenvalue weighted by atomic mass is 16.5. The molecule has 1 aliphatic rings. The Morgan fingerprint density at radius 1 is 1.30 bits per heavy atom. The van der Waals surface area contributed by atoms with E-state index < -0.39 is 6.10 Å². The van der Waals surface area contributed by atoms with Gasteiger partial charge in [-0.3, -0.25) is 4.79 Å². The van der Waals surface area contributed by atoms with E-state index in [0.717, 1.165) is 25.7 Å². The van der Waals surface area contributed by atoms with Crippen molar-refractivity contribution >= 4 is 11.6 Å². The number of benzene rings is 1. The minimum Gasteiger partial charge on any atom is -0.490 e. The van der Waals surface area contributed by atoms with Crippen LogP contribution in [0, 0.1) is 5.92 Å². The molecular formula is C22H32N4O4. The molecule has 1 saturated carbocycles. The molecular weight excluding hydrogens is 384 g/mol. The van der Waals surface area contributed by atoms with E-state index in [-0.39, 0.29) is 24.0 Å². The van der Waals surface area contributed by atoms with E-state index in [9.17, 15) is 9.90 Å². The molecule has 1 aliphatic carbocycles. The van der Waals surface area contributed by atoms with E-state index in [1.165, 1.54) is 12.8 Å². The van der Waals surface area contributed by atoms with Gasteiger partial charge in [0.05, 0.1) is 5.56 Å². The van der Waals surface area contributed by atoms with Gasteiger partial charge in [-0.25, -0.2) is 0 Å². The van der Waals surface area contributed by atoms with Crippen molar-refractivity contribution < 1.29 is 19.1 Å². The van der Waals surface area contributed by atoms with Gasteiger partial charge in [0.25, 0.3) is 5.89 Å². The van der Waals surface area contributed by atoms with Gasteiger partial charge in [-0.05, 0) is 51.8 Å². The van der Waals surface area contributed by atoms with Crippen molar-refractivity contribution in [3.05, 3.63) is 24.6 Å². The fourth-order valence-electron chi connectivity index (χ4n) is 3.47. The van der Waals surface area contributed by atoms with Crippen LogP contribution >= 0.6 is 0 Å². The van der Waals surface area contributed by atoms with Crippen LogP contribution in [0.4, 0.5) is 5.69 Å². The summed E-state index contributed by atoms with van der Waals surface area (Å²) in [6, 6.07) is 5.30. The quantitative estimate of drug-likeness (QED) is 0.605. The Labute approximate surface area is 177 Å². The molecule has 0 radical (unpaired) electrons. The molecule has 0 bridgehead atoms. The third kappa shape index (κ3) is 6.53. The Balaban J connectivity index is 1.68. The van der Waals surface area contributed by atoms with Gasteiger partial charge in [-0.1, -0.05) is 19.3 Å². The number of ether oxygens (including phenoxy) is 1. The SMILES string of the molecule is CC(C)(C)NCC(O)COc1ccc(NC(=O)C2CCCCC2)cc1-c1nnco1. The summed E-state index contributed by atoms with van der Waals surface area (Å²) in [6.45, 7) is 6.63. The topological polar surface area (TPSA) is 110 Å². The zero-order valence-corrected chi connectivity index (χ0v) is 18.0. The number of β-amino-alcohol motifs (C(OH)–C–C–N with tert-alkyl or cyclic N) is 1. The predicted molar refractivity (Wildman–Crippen MR) is 114 cm³/mol. The second-order valence-electron chi connectivity index (χ2n) is 8.87. The van der Waals surface area contributed by atoms with E-state index in [1.807, 2.05) is 20.8 Å². The van der Waals surface area contributed by atoms with Gasteiger partial charge in [0.1, 0.15) is 18.5 Å². The molecule has 1 unspecified atom stereocenters. The summed E-state index contributed by atoms with van der Waals surface area (Å²) in [7, 11) is 0. The Bertz CT molecular complexity index is 811. The highest BCUT2D eigenvalue weighted by Crippen LogP contribution is 2.32. The van der Waals surface area contributed by atoms with E-state index >= 15 is 0 Å². The van der Waals surface area contributed by atoms with Gasteiger partial charge >= 0.3 is 0 Å². The molecule has 3 N–H and O–H groups in total. The van der Waals surface area contributed by atoms with Gasteiger partial charge in [0.2, 0.25) is 12.3 Å². The molecule has 164 valence electrons. The number of aromatic nitrogens is 2. The number of carbonyl (C=O) groups excluding carboxylic acids is 1. The first-order valence-corrected chi connectivity index (χ1v) is 10.6. The molecule has 1 heterocycles. The zero-order chi connectivity index (χ0) is 21.6. The number of aliphatic hydroxyl groups excluding tert-OH is 1. The van der Waals surface area contributed by atoms with E-state index in [1.54, 1.807) is 18.2 Å².